The summed E-state index contributed by atoms with van der Waals surface area (Å²) in [5, 5.41) is 9.49. The molecular formula is C20H40N4O2. The first kappa shape index (κ1) is 24.4. The molecule has 0 heterocycles. The van der Waals surface area contributed by atoms with E-state index in [1.165, 1.54) is 0 Å². The second-order valence-corrected chi connectivity index (χ2v) is 7.03. The van der Waals surface area contributed by atoms with Crippen LogP contribution in [0.3, 0.4) is 0 Å². The minimum atomic E-state index is -0.341. The summed E-state index contributed by atoms with van der Waals surface area (Å²) in [5.41, 5.74) is 6.56. The number of hydrogen-bond donors (Lipinski definition) is 4. The Morgan fingerprint density at radius 1 is 1.08 bits per heavy atom. The van der Waals surface area contributed by atoms with Gasteiger partial charge in [-0.25, -0.2) is 0 Å². The summed E-state index contributed by atoms with van der Waals surface area (Å²) in [4.78, 5) is 24.7. The standard InChI is InChI=1S/C20H40N4O2/c1-6-10-16(19(15(4)5)24-18(25)11-7-2)23-17(12-9-13-21)20(26)22-14-8-3/h10,15,17,19,23H,6-9,11-14,21H2,1-5H3,(H,22,26)(H,24,25)/b16-10-. The highest BCUT2D eigenvalue weighted by Crippen LogP contribution is 2.14. The first-order chi connectivity index (χ1) is 12.4. The average Bonchev–Trinajstić information content (AvgIpc) is 2.60. The third-order valence-electron chi connectivity index (χ3n) is 4.12. The van der Waals surface area contributed by atoms with Crippen molar-refractivity contribution >= 4 is 11.8 Å². The number of rotatable bonds is 14. The van der Waals surface area contributed by atoms with Crippen molar-refractivity contribution in [2.45, 2.75) is 85.2 Å². The zero-order valence-electron chi connectivity index (χ0n) is 17.4. The van der Waals surface area contributed by atoms with E-state index in [1.807, 2.05) is 13.8 Å². The molecule has 0 bridgehead atoms. The fourth-order valence-electron chi connectivity index (χ4n) is 2.74. The molecule has 5 N–H and O–H groups in total. The van der Waals surface area contributed by atoms with Crippen molar-refractivity contribution in [3.63, 3.8) is 0 Å². The predicted octanol–water partition coefficient (Wildman–Crippen LogP) is 2.44. The van der Waals surface area contributed by atoms with Crippen LogP contribution in [-0.2, 0) is 9.59 Å². The number of nitrogens with two attached hydrogens (primary N) is 1. The van der Waals surface area contributed by atoms with E-state index in [1.54, 1.807) is 0 Å². The van der Waals surface area contributed by atoms with Gasteiger partial charge < -0.3 is 21.7 Å². The molecule has 0 aromatic rings. The molecule has 0 fully saturated rings. The van der Waals surface area contributed by atoms with Gasteiger partial charge in [0, 0.05) is 18.7 Å². The summed E-state index contributed by atoms with van der Waals surface area (Å²) in [6.07, 6.45) is 6.56. The zero-order valence-corrected chi connectivity index (χ0v) is 17.4. The maximum Gasteiger partial charge on any atom is 0.242 e. The largest absolute Gasteiger partial charge is 0.376 e. The fourth-order valence-corrected chi connectivity index (χ4v) is 2.74. The monoisotopic (exact) mass is 368 g/mol. The van der Waals surface area contributed by atoms with Crippen molar-refractivity contribution in [1.82, 2.24) is 16.0 Å². The molecule has 26 heavy (non-hydrogen) atoms. The van der Waals surface area contributed by atoms with E-state index in [9.17, 15) is 9.59 Å². The quantitative estimate of drug-likeness (QED) is 0.379. The molecular weight excluding hydrogens is 328 g/mol. The number of hydrogen-bond acceptors (Lipinski definition) is 4. The number of nitrogens with one attached hydrogen (secondary N) is 3. The van der Waals surface area contributed by atoms with Gasteiger partial charge in [-0.1, -0.05) is 40.7 Å². The summed E-state index contributed by atoms with van der Waals surface area (Å²) in [6.45, 7) is 11.4. The number of carbonyl (C=O) groups is 2. The lowest BCUT2D eigenvalue weighted by molar-refractivity contribution is -0.123. The van der Waals surface area contributed by atoms with Gasteiger partial charge in [-0.3, -0.25) is 9.59 Å². The molecule has 0 aromatic carbocycles. The molecule has 0 aliphatic carbocycles. The van der Waals surface area contributed by atoms with Crippen LogP contribution in [0.25, 0.3) is 0 Å². The molecule has 0 rings (SSSR count). The Kier molecular flexibility index (Phi) is 13.7. The minimum absolute atomic E-state index is 0.00954. The molecule has 0 radical (unpaired) electrons. The Hall–Kier alpha value is -1.56. The zero-order chi connectivity index (χ0) is 19.9. The summed E-state index contributed by atoms with van der Waals surface area (Å²) in [6, 6.07) is -0.472. The fraction of sp³-hybridized carbons (Fsp3) is 0.800. The lowest BCUT2D eigenvalue weighted by Crippen LogP contribution is -2.50. The van der Waals surface area contributed by atoms with Crippen LogP contribution in [0, 0.1) is 5.92 Å². The van der Waals surface area contributed by atoms with Crippen molar-refractivity contribution < 1.29 is 9.59 Å². The number of allylic oxidation sites excluding steroid dienone is 1. The third-order valence-corrected chi connectivity index (χ3v) is 4.12. The molecule has 0 aliphatic heterocycles. The highest BCUT2D eigenvalue weighted by atomic mass is 16.2. The van der Waals surface area contributed by atoms with Gasteiger partial charge in [0.25, 0.3) is 0 Å². The van der Waals surface area contributed by atoms with E-state index < -0.39 is 0 Å². The topological polar surface area (TPSA) is 96.2 Å². The van der Waals surface area contributed by atoms with E-state index in [0.717, 1.165) is 31.4 Å². The Balaban J connectivity index is 5.31. The smallest absolute Gasteiger partial charge is 0.242 e. The van der Waals surface area contributed by atoms with Crippen molar-refractivity contribution in [2.24, 2.45) is 11.7 Å². The van der Waals surface area contributed by atoms with E-state index in [-0.39, 0.29) is 29.8 Å². The van der Waals surface area contributed by atoms with Gasteiger partial charge in [0.1, 0.15) is 6.04 Å². The highest BCUT2D eigenvalue weighted by molar-refractivity contribution is 5.82. The van der Waals surface area contributed by atoms with Gasteiger partial charge in [-0.15, -0.1) is 0 Å². The lowest BCUT2D eigenvalue weighted by Gasteiger charge is -2.30. The SMILES string of the molecule is CC/C=C(\NC(CCCN)C(=O)NCCC)C(NC(=O)CCC)C(C)C. The van der Waals surface area contributed by atoms with Gasteiger partial charge in [0.15, 0.2) is 0 Å². The van der Waals surface area contributed by atoms with Crippen LogP contribution < -0.4 is 21.7 Å². The highest BCUT2D eigenvalue weighted by Gasteiger charge is 2.25. The van der Waals surface area contributed by atoms with E-state index >= 15 is 0 Å². The van der Waals surface area contributed by atoms with Crippen LogP contribution in [0.4, 0.5) is 0 Å². The lowest BCUT2D eigenvalue weighted by atomic mass is 9.98. The molecule has 6 heteroatoms. The van der Waals surface area contributed by atoms with Crippen LogP contribution in [0.1, 0.15) is 73.1 Å². The minimum Gasteiger partial charge on any atom is -0.376 e. The average molecular weight is 369 g/mol. The van der Waals surface area contributed by atoms with E-state index in [0.29, 0.717) is 25.9 Å². The van der Waals surface area contributed by atoms with E-state index in [4.69, 9.17) is 5.73 Å². The second-order valence-electron chi connectivity index (χ2n) is 7.03. The van der Waals surface area contributed by atoms with Crippen LogP contribution in [0.2, 0.25) is 0 Å². The van der Waals surface area contributed by atoms with Gasteiger partial charge >= 0.3 is 0 Å². The molecule has 6 nitrogen and oxygen atoms in total. The van der Waals surface area contributed by atoms with Gasteiger partial charge in [-0.05, 0) is 44.6 Å². The molecule has 152 valence electrons. The first-order valence-electron chi connectivity index (χ1n) is 10.1. The van der Waals surface area contributed by atoms with Crippen molar-refractivity contribution in [2.75, 3.05) is 13.1 Å². The maximum atomic E-state index is 12.5. The van der Waals surface area contributed by atoms with Crippen LogP contribution in [0.5, 0.6) is 0 Å². The van der Waals surface area contributed by atoms with E-state index in [2.05, 4.69) is 42.8 Å². The molecule has 0 saturated carbocycles. The summed E-state index contributed by atoms with van der Waals surface area (Å²) in [7, 11) is 0. The van der Waals surface area contributed by atoms with Crippen LogP contribution in [-0.4, -0.2) is 37.0 Å². The summed E-state index contributed by atoms with van der Waals surface area (Å²) in [5.74, 6) is 0.253. The Morgan fingerprint density at radius 3 is 2.27 bits per heavy atom. The van der Waals surface area contributed by atoms with Gasteiger partial charge in [-0.2, -0.15) is 0 Å². The third kappa shape index (κ3) is 9.80. The maximum absolute atomic E-state index is 12.5. The van der Waals surface area contributed by atoms with Gasteiger partial charge in [0.05, 0.1) is 6.04 Å². The first-order valence-corrected chi connectivity index (χ1v) is 10.1. The Morgan fingerprint density at radius 2 is 1.77 bits per heavy atom. The van der Waals surface area contributed by atoms with Crippen molar-refractivity contribution in [1.29, 1.82) is 0 Å². The number of amides is 2. The Bertz CT molecular complexity index is 436. The molecule has 2 amide bonds. The molecule has 0 spiro atoms. The summed E-state index contributed by atoms with van der Waals surface area (Å²) < 4.78 is 0. The predicted molar refractivity (Wildman–Crippen MR) is 109 cm³/mol. The van der Waals surface area contributed by atoms with Crippen molar-refractivity contribution in [3.05, 3.63) is 11.8 Å². The molecule has 0 aromatic heterocycles. The number of carbonyl (C=O) groups excluding carboxylic acids is 2. The second kappa shape index (κ2) is 14.6. The van der Waals surface area contributed by atoms with Gasteiger partial charge in [0.2, 0.25) is 11.8 Å². The normalized spacial score (nSPS) is 14.0. The molecule has 2 atom stereocenters. The summed E-state index contributed by atoms with van der Waals surface area (Å²) >= 11 is 0. The van der Waals surface area contributed by atoms with Crippen LogP contribution in [0.15, 0.2) is 11.8 Å². The van der Waals surface area contributed by atoms with Crippen molar-refractivity contribution in [3.8, 4) is 0 Å². The molecule has 0 saturated heterocycles. The molecule has 0 aliphatic rings. The Labute approximate surface area is 159 Å². The van der Waals surface area contributed by atoms with Crippen LogP contribution >= 0.6 is 0 Å². The molecule has 2 unspecified atom stereocenters.